The maximum Gasteiger partial charge on any atom is 0.239 e. The lowest BCUT2D eigenvalue weighted by molar-refractivity contribution is -0.130. The van der Waals surface area contributed by atoms with E-state index in [-0.39, 0.29) is 5.91 Å². The molecule has 1 rings (SSSR count). The first-order valence-corrected chi connectivity index (χ1v) is 6.09. The minimum Gasteiger partial charge on any atom is -0.347 e. The number of likely N-dealkylation sites (N-methyl/N-ethyl adjacent to an activating group) is 1. The van der Waals surface area contributed by atoms with Crippen LogP contribution in [0.15, 0.2) is 24.3 Å². The van der Waals surface area contributed by atoms with Crippen LogP contribution in [0.3, 0.4) is 0 Å². The number of hydrogen-bond acceptors (Lipinski definition) is 2. The molecule has 17 heavy (non-hydrogen) atoms. The summed E-state index contributed by atoms with van der Waals surface area (Å²) in [5, 5.41) is 0. The second kappa shape index (κ2) is 6.40. The minimum absolute atomic E-state index is 0.0253. The summed E-state index contributed by atoms with van der Waals surface area (Å²) in [5.41, 5.74) is 8.31. The molecule has 0 aromatic heterocycles. The van der Waals surface area contributed by atoms with Crippen LogP contribution in [0.1, 0.15) is 24.5 Å². The molecule has 0 saturated carbocycles. The Labute approximate surface area is 104 Å². The fourth-order valence-corrected chi connectivity index (χ4v) is 1.80. The lowest BCUT2D eigenvalue weighted by atomic mass is 10.0. The normalized spacial score (nSPS) is 12.2. The van der Waals surface area contributed by atoms with Crippen LogP contribution in [0.2, 0.25) is 0 Å². The van der Waals surface area contributed by atoms with E-state index < -0.39 is 6.04 Å². The molecule has 0 bridgehead atoms. The largest absolute Gasteiger partial charge is 0.347 e. The van der Waals surface area contributed by atoms with E-state index in [2.05, 4.69) is 31.2 Å². The van der Waals surface area contributed by atoms with Gasteiger partial charge in [-0.2, -0.15) is 0 Å². The van der Waals surface area contributed by atoms with Crippen LogP contribution in [0.4, 0.5) is 0 Å². The van der Waals surface area contributed by atoms with Crippen molar-refractivity contribution in [3.05, 3.63) is 35.4 Å². The van der Waals surface area contributed by atoms with Gasteiger partial charge in [-0.05, 0) is 24.0 Å². The maximum absolute atomic E-state index is 11.6. The first-order valence-electron chi connectivity index (χ1n) is 6.09. The van der Waals surface area contributed by atoms with E-state index in [0.717, 1.165) is 18.4 Å². The molecule has 1 amide bonds. The monoisotopic (exact) mass is 234 g/mol. The third-order valence-electron chi connectivity index (χ3n) is 2.78. The van der Waals surface area contributed by atoms with Gasteiger partial charge in [0.25, 0.3) is 0 Å². The van der Waals surface area contributed by atoms with E-state index in [9.17, 15) is 4.79 Å². The second-order valence-corrected chi connectivity index (χ2v) is 4.61. The molecule has 1 unspecified atom stereocenters. The summed E-state index contributed by atoms with van der Waals surface area (Å²) < 4.78 is 0. The van der Waals surface area contributed by atoms with Crippen molar-refractivity contribution >= 4 is 5.91 Å². The molecule has 1 atom stereocenters. The molecular weight excluding hydrogens is 212 g/mol. The summed E-state index contributed by atoms with van der Waals surface area (Å²) in [6, 6.07) is 7.92. The van der Waals surface area contributed by atoms with Crippen LogP contribution >= 0.6 is 0 Å². The van der Waals surface area contributed by atoms with Crippen LogP contribution < -0.4 is 5.73 Å². The Morgan fingerprint density at radius 3 is 2.24 bits per heavy atom. The number of benzene rings is 1. The van der Waals surface area contributed by atoms with Gasteiger partial charge < -0.3 is 10.6 Å². The predicted octanol–water partition coefficient (Wildman–Crippen LogP) is 1.60. The molecule has 2 N–H and O–H groups in total. The second-order valence-electron chi connectivity index (χ2n) is 4.61. The van der Waals surface area contributed by atoms with Crippen LogP contribution in [0.25, 0.3) is 0 Å². The van der Waals surface area contributed by atoms with Gasteiger partial charge in [-0.3, -0.25) is 4.79 Å². The number of amides is 1. The summed E-state index contributed by atoms with van der Waals surface area (Å²) in [6.07, 6.45) is 2.85. The zero-order valence-corrected chi connectivity index (χ0v) is 10.9. The van der Waals surface area contributed by atoms with Crippen molar-refractivity contribution in [2.24, 2.45) is 5.73 Å². The Bertz CT molecular complexity index is 357. The molecule has 3 heteroatoms. The molecule has 0 aliphatic carbocycles. The van der Waals surface area contributed by atoms with Crippen LogP contribution in [-0.2, 0) is 17.6 Å². The van der Waals surface area contributed by atoms with Gasteiger partial charge in [0.1, 0.15) is 0 Å². The van der Waals surface area contributed by atoms with E-state index in [1.807, 2.05) is 0 Å². The predicted molar refractivity (Wildman–Crippen MR) is 70.8 cm³/mol. The fourth-order valence-electron chi connectivity index (χ4n) is 1.80. The van der Waals surface area contributed by atoms with Gasteiger partial charge in [-0.1, -0.05) is 37.6 Å². The summed E-state index contributed by atoms with van der Waals surface area (Å²) in [4.78, 5) is 13.2. The highest BCUT2D eigenvalue weighted by molar-refractivity contribution is 5.81. The zero-order valence-electron chi connectivity index (χ0n) is 10.9. The highest BCUT2D eigenvalue weighted by Gasteiger charge is 2.15. The third kappa shape index (κ3) is 4.19. The molecule has 0 aliphatic heterocycles. The first-order chi connectivity index (χ1) is 8.04. The minimum atomic E-state index is -0.443. The molecule has 0 heterocycles. The molecule has 3 nitrogen and oxygen atoms in total. The molecule has 1 aromatic carbocycles. The number of hydrogen-bond donors (Lipinski definition) is 1. The topological polar surface area (TPSA) is 46.3 Å². The highest BCUT2D eigenvalue weighted by Crippen LogP contribution is 2.08. The SMILES string of the molecule is CCCc1ccc(CC(N)C(=O)N(C)C)cc1. The molecule has 0 spiro atoms. The average molecular weight is 234 g/mol. The number of rotatable bonds is 5. The van der Waals surface area contributed by atoms with Crippen LogP contribution in [0, 0.1) is 0 Å². The summed E-state index contributed by atoms with van der Waals surface area (Å²) in [5.74, 6) is -0.0253. The van der Waals surface area contributed by atoms with Crippen molar-refractivity contribution < 1.29 is 4.79 Å². The Morgan fingerprint density at radius 1 is 1.24 bits per heavy atom. The molecule has 94 valence electrons. The van der Waals surface area contributed by atoms with E-state index in [0.29, 0.717) is 6.42 Å². The van der Waals surface area contributed by atoms with Gasteiger partial charge in [0, 0.05) is 14.1 Å². The van der Waals surface area contributed by atoms with Gasteiger partial charge in [-0.15, -0.1) is 0 Å². The Kier molecular flexibility index (Phi) is 5.16. The standard InChI is InChI=1S/C14H22N2O/c1-4-5-11-6-8-12(9-7-11)10-13(15)14(17)16(2)3/h6-9,13H,4-5,10,15H2,1-3H3. The van der Waals surface area contributed by atoms with Gasteiger partial charge in [0.05, 0.1) is 6.04 Å². The van der Waals surface area contributed by atoms with Gasteiger partial charge in [0.2, 0.25) is 5.91 Å². The van der Waals surface area contributed by atoms with Crippen molar-refractivity contribution in [2.75, 3.05) is 14.1 Å². The lowest BCUT2D eigenvalue weighted by Crippen LogP contribution is -2.41. The van der Waals surface area contributed by atoms with Crippen molar-refractivity contribution in [2.45, 2.75) is 32.2 Å². The number of nitrogens with two attached hydrogens (primary N) is 1. The van der Waals surface area contributed by atoms with Crippen molar-refractivity contribution in [1.29, 1.82) is 0 Å². The molecule has 0 fully saturated rings. The molecule has 0 aliphatic rings. The summed E-state index contributed by atoms with van der Waals surface area (Å²) in [7, 11) is 3.46. The van der Waals surface area contributed by atoms with Crippen molar-refractivity contribution in [3.63, 3.8) is 0 Å². The number of carbonyl (C=O) groups excluding carboxylic acids is 1. The van der Waals surface area contributed by atoms with E-state index in [1.165, 1.54) is 10.5 Å². The fraction of sp³-hybridized carbons (Fsp3) is 0.500. The average Bonchev–Trinajstić information content (AvgIpc) is 2.30. The Balaban J connectivity index is 2.60. The summed E-state index contributed by atoms with van der Waals surface area (Å²) in [6.45, 7) is 2.17. The smallest absolute Gasteiger partial charge is 0.239 e. The van der Waals surface area contributed by atoms with Crippen molar-refractivity contribution in [3.8, 4) is 0 Å². The van der Waals surface area contributed by atoms with E-state index >= 15 is 0 Å². The molecular formula is C14H22N2O. The van der Waals surface area contributed by atoms with Crippen LogP contribution in [0.5, 0.6) is 0 Å². The molecule has 0 saturated heterocycles. The Hall–Kier alpha value is -1.35. The van der Waals surface area contributed by atoms with E-state index in [1.54, 1.807) is 14.1 Å². The van der Waals surface area contributed by atoms with Gasteiger partial charge in [0.15, 0.2) is 0 Å². The van der Waals surface area contributed by atoms with Crippen LogP contribution in [-0.4, -0.2) is 30.9 Å². The number of carbonyl (C=O) groups is 1. The Morgan fingerprint density at radius 2 is 1.76 bits per heavy atom. The summed E-state index contributed by atoms with van der Waals surface area (Å²) >= 11 is 0. The first kappa shape index (κ1) is 13.7. The number of aryl methyl sites for hydroxylation is 1. The number of nitrogens with zero attached hydrogens (tertiary/aromatic N) is 1. The van der Waals surface area contributed by atoms with Gasteiger partial charge >= 0.3 is 0 Å². The molecule has 0 radical (unpaired) electrons. The molecule has 1 aromatic rings. The van der Waals surface area contributed by atoms with Crippen molar-refractivity contribution in [1.82, 2.24) is 4.90 Å². The quantitative estimate of drug-likeness (QED) is 0.841. The lowest BCUT2D eigenvalue weighted by Gasteiger charge is -2.16. The van der Waals surface area contributed by atoms with Gasteiger partial charge in [-0.25, -0.2) is 0 Å². The zero-order chi connectivity index (χ0) is 12.8. The third-order valence-corrected chi connectivity index (χ3v) is 2.78. The maximum atomic E-state index is 11.6. The van der Waals surface area contributed by atoms with E-state index in [4.69, 9.17) is 5.73 Å². The highest BCUT2D eigenvalue weighted by atomic mass is 16.2.